The standard InChI is InChI=1S/C25H30ClN5O/c1-29-11-5-13-30(15-14-29)25(32)18-6-4-12-31(17-18)19-9-10-21(26)20(16-19)24-27-22-7-2-3-8-23(22)28-24/h2-3,7-10,16,18H,4-6,11-15,17H2,1H3,(H,27,28). The summed E-state index contributed by atoms with van der Waals surface area (Å²) in [6.07, 6.45) is 3.04. The zero-order chi connectivity index (χ0) is 22.1. The van der Waals surface area contributed by atoms with Gasteiger partial charge in [-0.1, -0.05) is 23.7 Å². The second-order valence-corrected chi connectivity index (χ2v) is 9.44. The highest BCUT2D eigenvalue weighted by atomic mass is 35.5. The number of para-hydroxylation sites is 2. The van der Waals surface area contributed by atoms with Crippen LogP contribution in [0.3, 0.4) is 0 Å². The smallest absolute Gasteiger partial charge is 0.227 e. The molecule has 1 atom stereocenters. The van der Waals surface area contributed by atoms with Crippen molar-refractivity contribution in [3.05, 3.63) is 47.5 Å². The first-order chi connectivity index (χ1) is 15.6. The summed E-state index contributed by atoms with van der Waals surface area (Å²) in [7, 11) is 2.14. The Balaban J connectivity index is 1.35. The Kier molecular flexibility index (Phi) is 6.07. The van der Waals surface area contributed by atoms with Gasteiger partial charge >= 0.3 is 0 Å². The van der Waals surface area contributed by atoms with Crippen LogP contribution >= 0.6 is 11.6 Å². The summed E-state index contributed by atoms with van der Waals surface area (Å²) >= 11 is 6.56. The highest BCUT2D eigenvalue weighted by molar-refractivity contribution is 6.33. The van der Waals surface area contributed by atoms with Crippen LogP contribution in [0.5, 0.6) is 0 Å². The van der Waals surface area contributed by atoms with Gasteiger partial charge in [0.25, 0.3) is 0 Å². The molecule has 1 amide bonds. The van der Waals surface area contributed by atoms with Crippen molar-refractivity contribution >= 4 is 34.2 Å². The fraction of sp³-hybridized carbons (Fsp3) is 0.440. The van der Waals surface area contributed by atoms with E-state index in [0.717, 1.165) is 86.6 Å². The Morgan fingerprint density at radius 1 is 1.06 bits per heavy atom. The maximum absolute atomic E-state index is 13.3. The molecule has 1 aromatic heterocycles. The summed E-state index contributed by atoms with van der Waals surface area (Å²) in [6.45, 7) is 5.44. The number of aromatic amines is 1. The third-order valence-corrected chi connectivity index (χ3v) is 7.09. The summed E-state index contributed by atoms with van der Waals surface area (Å²) in [6, 6.07) is 14.1. The molecule has 3 heterocycles. The van der Waals surface area contributed by atoms with Crippen LogP contribution in [-0.4, -0.2) is 72.0 Å². The molecule has 7 heteroatoms. The second-order valence-electron chi connectivity index (χ2n) is 9.03. The van der Waals surface area contributed by atoms with E-state index >= 15 is 0 Å². The molecule has 0 saturated carbocycles. The molecule has 2 aromatic carbocycles. The molecule has 0 bridgehead atoms. The molecule has 3 aromatic rings. The number of H-pyrrole nitrogens is 1. The monoisotopic (exact) mass is 451 g/mol. The Morgan fingerprint density at radius 2 is 1.94 bits per heavy atom. The van der Waals surface area contributed by atoms with Crippen molar-refractivity contribution in [2.24, 2.45) is 5.92 Å². The van der Waals surface area contributed by atoms with Gasteiger partial charge in [-0.2, -0.15) is 0 Å². The molecule has 0 spiro atoms. The first-order valence-corrected chi connectivity index (χ1v) is 11.9. The van der Waals surface area contributed by atoms with Gasteiger partial charge in [-0.3, -0.25) is 4.79 Å². The van der Waals surface area contributed by atoms with Crippen LogP contribution in [0.2, 0.25) is 5.02 Å². The molecular weight excluding hydrogens is 422 g/mol. The number of amides is 1. The van der Waals surface area contributed by atoms with Crippen LogP contribution in [0.25, 0.3) is 22.4 Å². The minimum absolute atomic E-state index is 0.0532. The fourth-order valence-corrected chi connectivity index (χ4v) is 5.12. The Hall–Kier alpha value is -2.57. The number of likely N-dealkylation sites (N-methyl/N-ethyl adjacent to an activating group) is 1. The molecule has 2 fully saturated rings. The van der Waals surface area contributed by atoms with Gasteiger partial charge in [-0.25, -0.2) is 4.98 Å². The van der Waals surface area contributed by atoms with Crippen molar-refractivity contribution in [2.75, 3.05) is 51.2 Å². The first-order valence-electron chi connectivity index (χ1n) is 11.6. The van der Waals surface area contributed by atoms with Crippen LogP contribution in [0.15, 0.2) is 42.5 Å². The minimum atomic E-state index is 0.0532. The minimum Gasteiger partial charge on any atom is -0.371 e. The number of aromatic nitrogens is 2. The molecule has 0 radical (unpaired) electrons. The van der Waals surface area contributed by atoms with E-state index in [1.54, 1.807) is 0 Å². The zero-order valence-corrected chi connectivity index (χ0v) is 19.3. The maximum atomic E-state index is 13.3. The third kappa shape index (κ3) is 4.34. The van der Waals surface area contributed by atoms with E-state index in [1.165, 1.54) is 0 Å². The molecule has 2 saturated heterocycles. The van der Waals surface area contributed by atoms with Crippen LogP contribution in [-0.2, 0) is 4.79 Å². The summed E-state index contributed by atoms with van der Waals surface area (Å²) in [4.78, 5) is 28.1. The fourth-order valence-electron chi connectivity index (χ4n) is 4.91. The lowest BCUT2D eigenvalue weighted by molar-refractivity contribution is -0.135. The van der Waals surface area contributed by atoms with Gasteiger partial charge in [0.2, 0.25) is 5.91 Å². The molecule has 5 rings (SSSR count). The van der Waals surface area contributed by atoms with Gasteiger partial charge in [0.1, 0.15) is 5.82 Å². The molecule has 2 aliphatic rings. The van der Waals surface area contributed by atoms with Crippen LogP contribution in [0, 0.1) is 5.92 Å². The molecular formula is C25H30ClN5O. The number of piperidine rings is 1. The van der Waals surface area contributed by atoms with Crippen LogP contribution in [0.4, 0.5) is 5.69 Å². The number of rotatable bonds is 3. The topological polar surface area (TPSA) is 55.5 Å². The van der Waals surface area contributed by atoms with Crippen molar-refractivity contribution in [3.8, 4) is 11.4 Å². The first kappa shape index (κ1) is 21.3. The van der Waals surface area contributed by atoms with E-state index < -0.39 is 0 Å². The van der Waals surface area contributed by atoms with Gasteiger partial charge in [0, 0.05) is 44.0 Å². The molecule has 0 aliphatic carbocycles. The molecule has 1 unspecified atom stereocenters. The zero-order valence-electron chi connectivity index (χ0n) is 18.6. The second kappa shape index (κ2) is 9.12. The van der Waals surface area contributed by atoms with Crippen LogP contribution in [0.1, 0.15) is 19.3 Å². The number of hydrogen-bond donors (Lipinski definition) is 1. The Bertz CT molecular complexity index is 1080. The van der Waals surface area contributed by atoms with E-state index in [9.17, 15) is 4.79 Å². The predicted octanol–water partition coefficient (Wildman–Crippen LogP) is 4.26. The lowest BCUT2D eigenvalue weighted by Gasteiger charge is -2.36. The highest BCUT2D eigenvalue weighted by Crippen LogP contribution is 2.33. The third-order valence-electron chi connectivity index (χ3n) is 6.76. The summed E-state index contributed by atoms with van der Waals surface area (Å²) in [5, 5.41) is 0.672. The lowest BCUT2D eigenvalue weighted by Crippen LogP contribution is -2.46. The number of benzene rings is 2. The van der Waals surface area contributed by atoms with Gasteiger partial charge < -0.3 is 19.7 Å². The number of fused-ring (bicyclic) bond motifs is 1. The number of carbonyl (C=O) groups is 1. The number of halogens is 1. The van der Waals surface area contributed by atoms with Crippen molar-refractivity contribution in [1.29, 1.82) is 0 Å². The molecule has 6 nitrogen and oxygen atoms in total. The summed E-state index contributed by atoms with van der Waals surface area (Å²) in [5.74, 6) is 1.14. The van der Waals surface area contributed by atoms with Gasteiger partial charge in [0.05, 0.1) is 22.0 Å². The molecule has 32 heavy (non-hydrogen) atoms. The van der Waals surface area contributed by atoms with Crippen molar-refractivity contribution in [1.82, 2.24) is 19.8 Å². The average Bonchev–Trinajstić information content (AvgIpc) is 3.13. The van der Waals surface area contributed by atoms with E-state index in [4.69, 9.17) is 16.6 Å². The summed E-state index contributed by atoms with van der Waals surface area (Å²) < 4.78 is 0. The number of carbonyl (C=O) groups excluding carboxylic acids is 1. The van der Waals surface area contributed by atoms with Crippen molar-refractivity contribution < 1.29 is 4.79 Å². The number of hydrogen-bond acceptors (Lipinski definition) is 4. The van der Waals surface area contributed by atoms with E-state index in [0.29, 0.717) is 10.9 Å². The number of nitrogens with zero attached hydrogens (tertiary/aromatic N) is 4. The van der Waals surface area contributed by atoms with Gasteiger partial charge in [-0.05, 0) is 63.2 Å². The number of nitrogens with one attached hydrogen (secondary N) is 1. The van der Waals surface area contributed by atoms with Crippen molar-refractivity contribution in [2.45, 2.75) is 19.3 Å². The SMILES string of the molecule is CN1CCCN(C(=O)C2CCCN(c3ccc(Cl)c(-c4nc5ccccc5[nH]4)c3)C2)CC1. The van der Waals surface area contributed by atoms with Crippen molar-refractivity contribution in [3.63, 3.8) is 0 Å². The number of anilines is 1. The van der Waals surface area contributed by atoms with Crippen LogP contribution < -0.4 is 4.90 Å². The molecule has 2 aliphatic heterocycles. The normalized spacial score (nSPS) is 20.5. The lowest BCUT2D eigenvalue weighted by atomic mass is 9.95. The number of imidazole rings is 1. The van der Waals surface area contributed by atoms with Gasteiger partial charge in [-0.15, -0.1) is 0 Å². The average molecular weight is 452 g/mol. The van der Waals surface area contributed by atoms with E-state index in [1.807, 2.05) is 30.3 Å². The maximum Gasteiger partial charge on any atom is 0.227 e. The predicted molar refractivity (Wildman–Crippen MR) is 130 cm³/mol. The van der Waals surface area contributed by atoms with E-state index in [2.05, 4.69) is 38.9 Å². The molecule has 1 N–H and O–H groups in total. The van der Waals surface area contributed by atoms with Gasteiger partial charge in [0.15, 0.2) is 0 Å². The summed E-state index contributed by atoms with van der Waals surface area (Å²) in [5.41, 5.74) is 3.91. The molecule has 168 valence electrons. The quantitative estimate of drug-likeness (QED) is 0.646. The Morgan fingerprint density at radius 3 is 2.81 bits per heavy atom. The van der Waals surface area contributed by atoms with E-state index in [-0.39, 0.29) is 5.92 Å². The largest absolute Gasteiger partial charge is 0.371 e. The Labute approximate surface area is 194 Å². The highest BCUT2D eigenvalue weighted by Gasteiger charge is 2.30.